The van der Waals surface area contributed by atoms with E-state index in [-0.39, 0.29) is 35.3 Å². The molecule has 1 fully saturated rings. The van der Waals surface area contributed by atoms with E-state index in [1.165, 1.54) is 12.1 Å². The van der Waals surface area contributed by atoms with Gasteiger partial charge in [0.05, 0.1) is 4.90 Å². The first kappa shape index (κ1) is 20.9. The maximum absolute atomic E-state index is 12.4. The largest absolute Gasteiger partial charge is 0.337 e. The van der Waals surface area contributed by atoms with Gasteiger partial charge in [-0.05, 0) is 50.6 Å². The van der Waals surface area contributed by atoms with Crippen molar-refractivity contribution in [2.24, 2.45) is 0 Å². The Morgan fingerprint density at radius 1 is 1.38 bits per heavy atom. The van der Waals surface area contributed by atoms with Gasteiger partial charge in [0.1, 0.15) is 0 Å². The van der Waals surface area contributed by atoms with Crippen LogP contribution in [0.3, 0.4) is 0 Å². The van der Waals surface area contributed by atoms with Crippen molar-refractivity contribution in [1.82, 2.24) is 14.9 Å². The fourth-order valence-corrected chi connectivity index (χ4v) is 3.86. The standard InChI is InChI=1S/C16H25N3O3S.ClH/c1-4-12(2)18-23(21,22)15-7-5-13(6-8-15)16(20)19(3)14-9-10-17-11-14;/h5-8,12,14,17-18H,4,9-11H2,1-3H3;1H. The predicted molar refractivity (Wildman–Crippen MR) is 97.1 cm³/mol. The first-order chi connectivity index (χ1) is 10.8. The summed E-state index contributed by atoms with van der Waals surface area (Å²) in [6.45, 7) is 5.46. The molecule has 24 heavy (non-hydrogen) atoms. The van der Waals surface area contributed by atoms with Crippen LogP contribution >= 0.6 is 12.4 Å². The normalized spacial score (nSPS) is 18.7. The van der Waals surface area contributed by atoms with Crippen LogP contribution in [-0.2, 0) is 10.0 Å². The van der Waals surface area contributed by atoms with Gasteiger partial charge in [0.2, 0.25) is 10.0 Å². The third-order valence-corrected chi connectivity index (χ3v) is 5.89. The Hall–Kier alpha value is -1.15. The number of sulfonamides is 1. The number of hydrogen-bond donors (Lipinski definition) is 2. The minimum Gasteiger partial charge on any atom is -0.337 e. The summed E-state index contributed by atoms with van der Waals surface area (Å²) in [5.74, 6) is -0.0856. The highest BCUT2D eigenvalue weighted by Crippen LogP contribution is 2.15. The fourth-order valence-electron chi connectivity index (χ4n) is 2.53. The molecule has 2 rings (SSSR count). The first-order valence-corrected chi connectivity index (χ1v) is 9.43. The van der Waals surface area contributed by atoms with E-state index < -0.39 is 10.0 Å². The van der Waals surface area contributed by atoms with Gasteiger partial charge in [0, 0.05) is 31.2 Å². The minimum atomic E-state index is -3.53. The van der Waals surface area contributed by atoms with E-state index in [2.05, 4.69) is 10.0 Å². The second-order valence-corrected chi connectivity index (χ2v) is 7.73. The van der Waals surface area contributed by atoms with Gasteiger partial charge in [0.15, 0.2) is 0 Å². The van der Waals surface area contributed by atoms with Crippen LogP contribution in [0.2, 0.25) is 0 Å². The van der Waals surface area contributed by atoms with E-state index in [1.807, 2.05) is 13.8 Å². The van der Waals surface area contributed by atoms with E-state index in [0.717, 1.165) is 25.9 Å². The van der Waals surface area contributed by atoms with E-state index >= 15 is 0 Å². The van der Waals surface area contributed by atoms with Crippen LogP contribution in [0.1, 0.15) is 37.0 Å². The van der Waals surface area contributed by atoms with Gasteiger partial charge in [-0.15, -0.1) is 12.4 Å². The zero-order valence-corrected chi connectivity index (χ0v) is 15.9. The summed E-state index contributed by atoms with van der Waals surface area (Å²) >= 11 is 0. The smallest absolute Gasteiger partial charge is 0.253 e. The zero-order valence-electron chi connectivity index (χ0n) is 14.3. The molecule has 2 atom stereocenters. The summed E-state index contributed by atoms with van der Waals surface area (Å²) < 4.78 is 27.0. The number of nitrogens with one attached hydrogen (secondary N) is 2. The lowest BCUT2D eigenvalue weighted by molar-refractivity contribution is 0.0743. The lowest BCUT2D eigenvalue weighted by atomic mass is 10.1. The molecule has 0 bridgehead atoms. The van der Waals surface area contributed by atoms with Crippen LogP contribution in [0.15, 0.2) is 29.2 Å². The lowest BCUT2D eigenvalue weighted by Crippen LogP contribution is -2.38. The third-order valence-electron chi connectivity index (χ3n) is 4.28. The van der Waals surface area contributed by atoms with Gasteiger partial charge in [0.25, 0.3) is 5.91 Å². The molecule has 0 saturated carbocycles. The third kappa shape index (κ3) is 4.92. The quantitative estimate of drug-likeness (QED) is 0.791. The van der Waals surface area contributed by atoms with Crippen LogP contribution in [0, 0.1) is 0 Å². The number of likely N-dealkylation sites (N-methyl/N-ethyl adjacent to an activating group) is 1. The molecule has 1 amide bonds. The maximum Gasteiger partial charge on any atom is 0.253 e. The number of nitrogens with zero attached hydrogens (tertiary/aromatic N) is 1. The molecule has 0 aliphatic carbocycles. The second-order valence-electron chi connectivity index (χ2n) is 6.02. The van der Waals surface area contributed by atoms with Crippen molar-refractivity contribution in [2.75, 3.05) is 20.1 Å². The van der Waals surface area contributed by atoms with Crippen LogP contribution in [0.4, 0.5) is 0 Å². The summed E-state index contributed by atoms with van der Waals surface area (Å²) in [6, 6.07) is 6.19. The molecule has 6 nitrogen and oxygen atoms in total. The van der Waals surface area contributed by atoms with Crippen LogP contribution in [0.25, 0.3) is 0 Å². The molecule has 1 aliphatic rings. The molecule has 1 aromatic carbocycles. The molecule has 1 aliphatic heterocycles. The van der Waals surface area contributed by atoms with Crippen molar-refractivity contribution < 1.29 is 13.2 Å². The van der Waals surface area contributed by atoms with Crippen molar-refractivity contribution in [1.29, 1.82) is 0 Å². The van der Waals surface area contributed by atoms with Gasteiger partial charge in [-0.3, -0.25) is 4.79 Å². The van der Waals surface area contributed by atoms with E-state index in [1.54, 1.807) is 24.1 Å². The number of halogens is 1. The average molecular weight is 376 g/mol. The van der Waals surface area contributed by atoms with Crippen LogP contribution in [-0.4, -0.2) is 51.4 Å². The van der Waals surface area contributed by atoms with Crippen molar-refractivity contribution in [3.8, 4) is 0 Å². The van der Waals surface area contributed by atoms with Gasteiger partial charge in [-0.2, -0.15) is 0 Å². The Balaban J connectivity index is 0.00000288. The Kier molecular flexibility index (Phi) is 7.66. The van der Waals surface area contributed by atoms with Crippen molar-refractivity contribution in [3.63, 3.8) is 0 Å². The molecule has 8 heteroatoms. The van der Waals surface area contributed by atoms with E-state index in [9.17, 15) is 13.2 Å². The van der Waals surface area contributed by atoms with Crippen molar-refractivity contribution in [3.05, 3.63) is 29.8 Å². The van der Waals surface area contributed by atoms with Gasteiger partial charge < -0.3 is 10.2 Å². The summed E-state index contributed by atoms with van der Waals surface area (Å²) in [6.07, 6.45) is 1.66. The van der Waals surface area contributed by atoms with Gasteiger partial charge in [-0.1, -0.05) is 6.92 Å². The topological polar surface area (TPSA) is 78.5 Å². The number of carbonyl (C=O) groups excluding carboxylic acids is 1. The van der Waals surface area contributed by atoms with E-state index in [4.69, 9.17) is 0 Å². The molecule has 1 saturated heterocycles. The summed E-state index contributed by atoms with van der Waals surface area (Å²) in [7, 11) is -1.75. The number of rotatable bonds is 6. The predicted octanol–water partition coefficient (Wildman–Crippen LogP) is 1.62. The monoisotopic (exact) mass is 375 g/mol. The molecule has 0 spiro atoms. The molecule has 2 N–H and O–H groups in total. The SMILES string of the molecule is CCC(C)NS(=O)(=O)c1ccc(C(=O)N(C)C2CCNC2)cc1.Cl. The Labute approximate surface area is 150 Å². The summed E-state index contributed by atoms with van der Waals surface area (Å²) in [5.41, 5.74) is 0.502. The van der Waals surface area contributed by atoms with Crippen LogP contribution in [0.5, 0.6) is 0 Å². The van der Waals surface area contributed by atoms with Gasteiger partial charge >= 0.3 is 0 Å². The lowest BCUT2D eigenvalue weighted by Gasteiger charge is -2.23. The Morgan fingerprint density at radius 2 is 2.00 bits per heavy atom. The number of amides is 1. The Morgan fingerprint density at radius 3 is 2.50 bits per heavy atom. The molecule has 1 aromatic rings. The summed E-state index contributed by atoms with van der Waals surface area (Å²) in [5, 5.41) is 3.23. The summed E-state index contributed by atoms with van der Waals surface area (Å²) in [4.78, 5) is 14.4. The first-order valence-electron chi connectivity index (χ1n) is 7.95. The number of carbonyl (C=O) groups is 1. The van der Waals surface area contributed by atoms with Crippen LogP contribution < -0.4 is 10.0 Å². The maximum atomic E-state index is 12.4. The van der Waals surface area contributed by atoms with Crippen molar-refractivity contribution in [2.45, 2.75) is 43.7 Å². The van der Waals surface area contributed by atoms with Crippen molar-refractivity contribution >= 4 is 28.3 Å². The van der Waals surface area contributed by atoms with Gasteiger partial charge in [-0.25, -0.2) is 13.1 Å². The Bertz CT molecular complexity index is 643. The highest BCUT2D eigenvalue weighted by Gasteiger charge is 2.24. The molecule has 2 unspecified atom stereocenters. The molecule has 0 radical (unpaired) electrons. The fraction of sp³-hybridized carbons (Fsp3) is 0.562. The molecule has 136 valence electrons. The van der Waals surface area contributed by atoms with E-state index in [0.29, 0.717) is 5.56 Å². The highest BCUT2D eigenvalue weighted by molar-refractivity contribution is 7.89. The molecular weight excluding hydrogens is 350 g/mol. The minimum absolute atomic E-state index is 0. The average Bonchev–Trinajstić information content (AvgIpc) is 3.07. The number of hydrogen-bond acceptors (Lipinski definition) is 4. The second kappa shape index (κ2) is 8.80. The zero-order chi connectivity index (χ0) is 17.0. The molecular formula is C16H26ClN3O3S. The highest BCUT2D eigenvalue weighted by atomic mass is 35.5. The molecule has 1 heterocycles. The molecule has 0 aromatic heterocycles. The number of benzene rings is 1.